The smallest absolute Gasteiger partial charge is 0.119 e. The summed E-state index contributed by atoms with van der Waals surface area (Å²) in [5.41, 5.74) is 9.82. The largest absolute Gasteiger partial charge is 0.497 e. The number of benzene rings is 1. The zero-order chi connectivity index (χ0) is 14.1. The van der Waals surface area contributed by atoms with Gasteiger partial charge in [0.05, 0.1) is 18.5 Å². The molecule has 0 amide bonds. The van der Waals surface area contributed by atoms with Crippen molar-refractivity contribution in [2.75, 3.05) is 7.11 Å². The van der Waals surface area contributed by atoms with Gasteiger partial charge in [-0.25, -0.2) is 0 Å². The van der Waals surface area contributed by atoms with E-state index in [1.807, 2.05) is 37.5 Å². The van der Waals surface area contributed by atoms with E-state index < -0.39 is 0 Å². The molecule has 0 aliphatic rings. The van der Waals surface area contributed by atoms with E-state index in [-0.39, 0.29) is 0 Å². The minimum atomic E-state index is 0.513. The summed E-state index contributed by atoms with van der Waals surface area (Å²) in [5.74, 6) is 0.862. The summed E-state index contributed by atoms with van der Waals surface area (Å²) in [5, 5.41) is 1.14. The molecule has 0 radical (unpaired) electrons. The highest BCUT2D eigenvalue weighted by atomic mass is 16.5. The lowest BCUT2D eigenvalue weighted by Crippen LogP contribution is -1.98. The third-order valence-corrected chi connectivity index (χ3v) is 3.57. The van der Waals surface area contributed by atoms with Gasteiger partial charge >= 0.3 is 0 Å². The van der Waals surface area contributed by atoms with Gasteiger partial charge in [-0.3, -0.25) is 4.98 Å². The molecular formula is C16H17N3O. The van der Waals surface area contributed by atoms with Crippen molar-refractivity contribution in [1.29, 1.82) is 0 Å². The summed E-state index contributed by atoms with van der Waals surface area (Å²) in [7, 11) is 3.72. The van der Waals surface area contributed by atoms with Crippen molar-refractivity contribution in [1.82, 2.24) is 9.55 Å². The lowest BCUT2D eigenvalue weighted by molar-refractivity contribution is 0.415. The highest BCUT2D eigenvalue weighted by molar-refractivity contribution is 5.87. The summed E-state index contributed by atoms with van der Waals surface area (Å²) in [6, 6.07) is 12.2. The maximum Gasteiger partial charge on any atom is 0.119 e. The zero-order valence-electron chi connectivity index (χ0n) is 11.6. The highest BCUT2D eigenvalue weighted by Crippen LogP contribution is 2.28. The Kier molecular flexibility index (Phi) is 3.16. The van der Waals surface area contributed by atoms with Gasteiger partial charge in [0.2, 0.25) is 0 Å². The number of ether oxygens (including phenoxy) is 1. The monoisotopic (exact) mass is 267 g/mol. The molecule has 2 heterocycles. The number of pyridine rings is 1. The number of rotatable bonds is 3. The van der Waals surface area contributed by atoms with Crippen molar-refractivity contribution in [2.24, 2.45) is 12.8 Å². The molecule has 20 heavy (non-hydrogen) atoms. The second-order valence-corrected chi connectivity index (χ2v) is 4.77. The summed E-state index contributed by atoms with van der Waals surface area (Å²) in [6.45, 7) is 0.513. The fourth-order valence-corrected chi connectivity index (χ4v) is 2.40. The average Bonchev–Trinajstić information content (AvgIpc) is 2.84. The second-order valence-electron chi connectivity index (χ2n) is 4.77. The van der Waals surface area contributed by atoms with Crippen LogP contribution >= 0.6 is 0 Å². The Balaban J connectivity index is 2.12. The van der Waals surface area contributed by atoms with E-state index in [4.69, 9.17) is 10.5 Å². The van der Waals surface area contributed by atoms with Gasteiger partial charge in [0, 0.05) is 30.7 Å². The Hall–Kier alpha value is -2.33. The van der Waals surface area contributed by atoms with Crippen LogP contribution in [0.1, 0.15) is 5.56 Å². The SMILES string of the molecule is COc1ccc2c(c1)cc(-c1ccc(CN)cn1)n2C. The lowest BCUT2D eigenvalue weighted by Gasteiger charge is -2.05. The van der Waals surface area contributed by atoms with Gasteiger partial charge in [-0.15, -0.1) is 0 Å². The molecular weight excluding hydrogens is 250 g/mol. The van der Waals surface area contributed by atoms with Gasteiger partial charge in [-0.05, 0) is 35.9 Å². The number of aromatic nitrogens is 2. The predicted molar refractivity (Wildman–Crippen MR) is 80.6 cm³/mol. The Morgan fingerprint density at radius 1 is 1.20 bits per heavy atom. The van der Waals surface area contributed by atoms with Crippen molar-refractivity contribution in [3.8, 4) is 17.1 Å². The topological polar surface area (TPSA) is 53.1 Å². The first-order valence-corrected chi connectivity index (χ1v) is 6.52. The normalized spacial score (nSPS) is 10.9. The Labute approximate surface area is 117 Å². The average molecular weight is 267 g/mol. The van der Waals surface area contributed by atoms with Crippen LogP contribution in [0.3, 0.4) is 0 Å². The van der Waals surface area contributed by atoms with E-state index in [0.29, 0.717) is 6.54 Å². The molecule has 4 nitrogen and oxygen atoms in total. The summed E-state index contributed by atoms with van der Waals surface area (Å²) in [6.07, 6.45) is 1.83. The van der Waals surface area contributed by atoms with Crippen LogP contribution in [-0.2, 0) is 13.6 Å². The van der Waals surface area contributed by atoms with E-state index in [2.05, 4.69) is 21.7 Å². The van der Waals surface area contributed by atoms with Gasteiger partial charge in [0.1, 0.15) is 5.75 Å². The fraction of sp³-hybridized carbons (Fsp3) is 0.188. The Morgan fingerprint density at radius 3 is 2.70 bits per heavy atom. The Bertz CT molecular complexity index is 744. The molecule has 0 fully saturated rings. The number of nitrogens with zero attached hydrogens (tertiary/aromatic N) is 2. The van der Waals surface area contributed by atoms with Crippen molar-refractivity contribution in [3.05, 3.63) is 48.2 Å². The van der Waals surface area contributed by atoms with Gasteiger partial charge in [-0.2, -0.15) is 0 Å². The van der Waals surface area contributed by atoms with Gasteiger partial charge in [0.25, 0.3) is 0 Å². The summed E-state index contributed by atoms with van der Waals surface area (Å²) in [4.78, 5) is 4.49. The molecule has 0 aliphatic heterocycles. The molecule has 0 aliphatic carbocycles. The molecule has 2 aromatic heterocycles. The van der Waals surface area contributed by atoms with E-state index in [1.165, 1.54) is 0 Å². The number of aryl methyl sites for hydroxylation is 1. The molecule has 2 N–H and O–H groups in total. The number of nitrogens with two attached hydrogens (primary N) is 1. The van der Waals surface area contributed by atoms with Gasteiger partial charge < -0.3 is 15.0 Å². The van der Waals surface area contributed by atoms with E-state index in [1.54, 1.807) is 7.11 Å². The van der Waals surface area contributed by atoms with Crippen LogP contribution in [0, 0.1) is 0 Å². The Morgan fingerprint density at radius 2 is 2.05 bits per heavy atom. The molecule has 0 saturated heterocycles. The first-order valence-electron chi connectivity index (χ1n) is 6.52. The third-order valence-electron chi connectivity index (χ3n) is 3.57. The molecule has 3 aromatic rings. The van der Waals surface area contributed by atoms with E-state index >= 15 is 0 Å². The van der Waals surface area contributed by atoms with Crippen LogP contribution < -0.4 is 10.5 Å². The standard InChI is InChI=1S/C16H17N3O/c1-19-15-6-4-13(20-2)7-12(15)8-16(19)14-5-3-11(9-17)10-18-14/h3-8,10H,9,17H2,1-2H3. The minimum Gasteiger partial charge on any atom is -0.497 e. The van der Waals surface area contributed by atoms with E-state index in [9.17, 15) is 0 Å². The summed E-state index contributed by atoms with van der Waals surface area (Å²) < 4.78 is 7.41. The van der Waals surface area contributed by atoms with Gasteiger partial charge in [0.15, 0.2) is 0 Å². The second kappa shape index (κ2) is 4.98. The fourth-order valence-electron chi connectivity index (χ4n) is 2.40. The number of fused-ring (bicyclic) bond motifs is 1. The number of hydrogen-bond acceptors (Lipinski definition) is 3. The van der Waals surface area contributed by atoms with Crippen LogP contribution in [0.5, 0.6) is 5.75 Å². The third kappa shape index (κ3) is 2.04. The minimum absolute atomic E-state index is 0.513. The van der Waals surface area contributed by atoms with Crippen LogP contribution in [-0.4, -0.2) is 16.7 Å². The van der Waals surface area contributed by atoms with Crippen LogP contribution in [0.2, 0.25) is 0 Å². The quantitative estimate of drug-likeness (QED) is 0.793. The molecule has 4 heteroatoms. The first-order chi connectivity index (χ1) is 9.72. The molecule has 0 bridgehead atoms. The van der Waals surface area contributed by atoms with Crippen molar-refractivity contribution in [2.45, 2.75) is 6.54 Å². The van der Waals surface area contributed by atoms with Crippen molar-refractivity contribution < 1.29 is 4.74 Å². The predicted octanol–water partition coefficient (Wildman–Crippen LogP) is 2.71. The maximum atomic E-state index is 5.60. The zero-order valence-corrected chi connectivity index (χ0v) is 11.6. The van der Waals surface area contributed by atoms with Crippen LogP contribution in [0.25, 0.3) is 22.3 Å². The maximum absolute atomic E-state index is 5.60. The molecule has 0 spiro atoms. The van der Waals surface area contributed by atoms with Crippen LogP contribution in [0.4, 0.5) is 0 Å². The molecule has 0 atom stereocenters. The molecule has 0 saturated carbocycles. The molecule has 1 aromatic carbocycles. The first kappa shape index (κ1) is 12.7. The highest BCUT2D eigenvalue weighted by Gasteiger charge is 2.09. The molecule has 3 rings (SSSR count). The van der Waals surface area contributed by atoms with Gasteiger partial charge in [-0.1, -0.05) is 6.07 Å². The number of hydrogen-bond donors (Lipinski definition) is 1. The van der Waals surface area contributed by atoms with Crippen molar-refractivity contribution >= 4 is 10.9 Å². The lowest BCUT2D eigenvalue weighted by atomic mass is 10.2. The molecule has 102 valence electrons. The van der Waals surface area contributed by atoms with Crippen molar-refractivity contribution in [3.63, 3.8) is 0 Å². The number of methoxy groups -OCH3 is 1. The van der Waals surface area contributed by atoms with Crippen LogP contribution in [0.15, 0.2) is 42.6 Å². The van der Waals surface area contributed by atoms with E-state index in [0.717, 1.165) is 33.6 Å². The molecule has 0 unspecified atom stereocenters. The summed E-state index contributed by atoms with van der Waals surface area (Å²) >= 11 is 0.